The van der Waals surface area contributed by atoms with Gasteiger partial charge in [-0.1, -0.05) is 0 Å². The maximum absolute atomic E-state index is 4.34. The van der Waals surface area contributed by atoms with Crippen molar-refractivity contribution in [1.82, 2.24) is 0 Å². The van der Waals surface area contributed by atoms with E-state index in [0.29, 0.717) is 0 Å². The molecule has 0 amide bonds. The molecular weight excluding hydrogens is 84.1 g/mol. The van der Waals surface area contributed by atoms with Crippen LogP contribution < -0.4 is 0 Å². The van der Waals surface area contributed by atoms with Crippen molar-refractivity contribution < 1.29 is 9.15 Å². The molecular formula is C2H3O2Si. The van der Waals surface area contributed by atoms with E-state index in [1.165, 1.54) is 0 Å². The molecule has 0 aliphatic carbocycles. The molecule has 1 aliphatic rings. The lowest BCUT2D eigenvalue weighted by Gasteiger charge is -1.43. The minimum Gasteiger partial charge on any atom is -0.249 e. The Kier molecular flexibility index (Phi) is 0.573. The fourth-order valence-electron chi connectivity index (χ4n) is 0.0921. The van der Waals surface area contributed by atoms with Crippen molar-refractivity contribution >= 4 is 9.28 Å². The SMILES string of the molecule is C=C[Si]1OO1. The lowest BCUT2D eigenvalue weighted by Crippen LogP contribution is -1.74. The van der Waals surface area contributed by atoms with Crippen LogP contribution in [0.4, 0.5) is 0 Å². The zero-order valence-corrected chi connectivity index (χ0v) is 3.60. The Morgan fingerprint density at radius 2 is 2.20 bits per heavy atom. The van der Waals surface area contributed by atoms with Crippen molar-refractivity contribution in [3.05, 3.63) is 12.3 Å². The summed E-state index contributed by atoms with van der Waals surface area (Å²) < 4.78 is 8.68. The van der Waals surface area contributed by atoms with E-state index in [0.717, 1.165) is 0 Å². The van der Waals surface area contributed by atoms with Crippen LogP contribution in [0.25, 0.3) is 0 Å². The molecule has 0 aromatic heterocycles. The van der Waals surface area contributed by atoms with Gasteiger partial charge in [0.1, 0.15) is 0 Å². The maximum atomic E-state index is 4.34. The molecule has 1 fully saturated rings. The van der Waals surface area contributed by atoms with Crippen LogP contribution in [0.1, 0.15) is 0 Å². The molecule has 27 valence electrons. The highest BCUT2D eigenvalue weighted by Gasteiger charge is 2.27. The van der Waals surface area contributed by atoms with Crippen LogP contribution >= 0.6 is 0 Å². The second kappa shape index (κ2) is 0.929. The average Bonchev–Trinajstić information content (AvgIpc) is 2.12. The third-order valence-electron chi connectivity index (χ3n) is 0.346. The topological polar surface area (TPSA) is 25.1 Å². The summed E-state index contributed by atoms with van der Waals surface area (Å²) in [5, 5.41) is 0. The van der Waals surface area contributed by atoms with Crippen molar-refractivity contribution in [2.45, 2.75) is 0 Å². The summed E-state index contributed by atoms with van der Waals surface area (Å²) in [5.41, 5.74) is 1.69. The maximum Gasteiger partial charge on any atom is 0.481 e. The van der Waals surface area contributed by atoms with Crippen molar-refractivity contribution in [3.63, 3.8) is 0 Å². The van der Waals surface area contributed by atoms with E-state index in [4.69, 9.17) is 0 Å². The van der Waals surface area contributed by atoms with Gasteiger partial charge in [0.05, 0.1) is 0 Å². The third kappa shape index (κ3) is 0.574. The lowest BCUT2D eigenvalue weighted by molar-refractivity contribution is 0.0850. The Morgan fingerprint density at radius 1 is 1.60 bits per heavy atom. The van der Waals surface area contributed by atoms with Gasteiger partial charge in [0.2, 0.25) is 0 Å². The fraction of sp³-hybridized carbons (Fsp3) is 0. The van der Waals surface area contributed by atoms with Crippen molar-refractivity contribution in [2.75, 3.05) is 0 Å². The van der Waals surface area contributed by atoms with Gasteiger partial charge in [-0.3, -0.25) is 0 Å². The Hall–Kier alpha value is -0.123. The first-order chi connectivity index (χ1) is 2.43. The molecule has 0 atom stereocenters. The van der Waals surface area contributed by atoms with Crippen LogP contribution in [0.2, 0.25) is 0 Å². The molecule has 0 aromatic carbocycles. The van der Waals surface area contributed by atoms with Crippen LogP contribution in [0.3, 0.4) is 0 Å². The number of hydrogen-bond acceptors (Lipinski definition) is 2. The molecule has 1 saturated heterocycles. The van der Waals surface area contributed by atoms with Gasteiger partial charge in [-0.15, -0.1) is 6.58 Å². The van der Waals surface area contributed by atoms with E-state index in [-0.39, 0.29) is 0 Å². The Morgan fingerprint density at radius 3 is 2.20 bits per heavy atom. The Balaban J connectivity index is 2.21. The number of hydrogen-bond donors (Lipinski definition) is 0. The summed E-state index contributed by atoms with van der Waals surface area (Å²) in [6, 6.07) is 0. The smallest absolute Gasteiger partial charge is 0.249 e. The predicted molar refractivity (Wildman–Crippen MR) is 18.1 cm³/mol. The molecule has 0 spiro atoms. The second-order valence-electron chi connectivity index (χ2n) is 0.690. The first kappa shape index (κ1) is 3.08. The highest BCUT2D eigenvalue weighted by atomic mass is 28.3. The molecule has 1 heterocycles. The molecule has 0 saturated carbocycles. The first-order valence-corrected chi connectivity index (χ1v) is 2.67. The van der Waals surface area contributed by atoms with Gasteiger partial charge in [-0.2, -0.15) is 0 Å². The minimum atomic E-state index is -0.860. The van der Waals surface area contributed by atoms with Crippen LogP contribution in [-0.4, -0.2) is 9.28 Å². The lowest BCUT2D eigenvalue weighted by atomic mass is 11.3. The minimum absolute atomic E-state index is 0.860. The third-order valence-corrected chi connectivity index (χ3v) is 1.04. The first-order valence-electron chi connectivity index (χ1n) is 1.27. The highest BCUT2D eigenvalue weighted by molar-refractivity contribution is 6.55. The van der Waals surface area contributed by atoms with E-state index in [9.17, 15) is 0 Å². The molecule has 0 aromatic rings. The van der Waals surface area contributed by atoms with Crippen LogP contribution in [0, 0.1) is 0 Å². The van der Waals surface area contributed by atoms with Crippen molar-refractivity contribution in [1.29, 1.82) is 0 Å². The molecule has 1 aliphatic heterocycles. The molecule has 0 bridgehead atoms. The van der Waals surface area contributed by atoms with Gasteiger partial charge in [-0.05, 0) is 5.70 Å². The molecule has 2 nitrogen and oxygen atoms in total. The van der Waals surface area contributed by atoms with Gasteiger partial charge in [0.15, 0.2) is 0 Å². The van der Waals surface area contributed by atoms with Gasteiger partial charge < -0.3 is 0 Å². The molecule has 5 heavy (non-hydrogen) atoms. The van der Waals surface area contributed by atoms with Gasteiger partial charge in [0, 0.05) is 0 Å². The van der Waals surface area contributed by atoms with Gasteiger partial charge in [-0.25, -0.2) is 9.15 Å². The average molecular weight is 87.1 g/mol. The standard InChI is InChI=1S/C2H3O2Si/c1-2-5-3-4-5/h2H,1H2. The Bertz CT molecular complexity index is 49.6. The van der Waals surface area contributed by atoms with Crippen molar-refractivity contribution in [2.24, 2.45) is 0 Å². The predicted octanol–water partition coefficient (Wildman–Crippen LogP) is 0.162. The molecule has 3 heteroatoms. The molecule has 1 rings (SSSR count). The summed E-state index contributed by atoms with van der Waals surface area (Å²) >= 11 is 0. The number of rotatable bonds is 1. The summed E-state index contributed by atoms with van der Waals surface area (Å²) in [4.78, 5) is 0. The summed E-state index contributed by atoms with van der Waals surface area (Å²) in [6.07, 6.45) is 0. The molecule has 0 N–H and O–H groups in total. The van der Waals surface area contributed by atoms with Crippen LogP contribution in [0.5, 0.6) is 0 Å². The van der Waals surface area contributed by atoms with E-state index >= 15 is 0 Å². The Labute approximate surface area is 31.8 Å². The van der Waals surface area contributed by atoms with Crippen molar-refractivity contribution in [3.8, 4) is 0 Å². The van der Waals surface area contributed by atoms with Gasteiger partial charge >= 0.3 is 9.28 Å². The van der Waals surface area contributed by atoms with E-state index < -0.39 is 9.28 Å². The summed E-state index contributed by atoms with van der Waals surface area (Å²) in [7, 11) is -0.860. The van der Waals surface area contributed by atoms with E-state index in [1.54, 1.807) is 5.70 Å². The van der Waals surface area contributed by atoms with Crippen LogP contribution in [0.15, 0.2) is 12.3 Å². The molecule has 1 radical (unpaired) electrons. The summed E-state index contributed by atoms with van der Waals surface area (Å²) in [5.74, 6) is 0. The van der Waals surface area contributed by atoms with E-state index in [2.05, 4.69) is 15.7 Å². The fourth-order valence-corrected chi connectivity index (χ4v) is 0.421. The normalized spacial score (nSPS) is 22.4. The second-order valence-corrected chi connectivity index (χ2v) is 2.07. The summed E-state index contributed by atoms with van der Waals surface area (Å²) in [6.45, 7) is 3.42. The molecule has 0 unspecified atom stereocenters. The largest absolute Gasteiger partial charge is 0.481 e. The van der Waals surface area contributed by atoms with E-state index in [1.807, 2.05) is 0 Å². The quantitative estimate of drug-likeness (QED) is 0.258. The zero-order chi connectivity index (χ0) is 3.70. The highest BCUT2D eigenvalue weighted by Crippen LogP contribution is 2.04. The van der Waals surface area contributed by atoms with Gasteiger partial charge in [0.25, 0.3) is 0 Å². The van der Waals surface area contributed by atoms with Crippen LogP contribution in [-0.2, 0) is 9.15 Å². The monoisotopic (exact) mass is 87.0 g/mol. The zero-order valence-electron chi connectivity index (χ0n) is 2.60.